The van der Waals surface area contributed by atoms with Gasteiger partial charge in [0.2, 0.25) is 0 Å². The Hall–Kier alpha value is -2.14. The van der Waals surface area contributed by atoms with E-state index < -0.39 is 0 Å². The number of aromatic nitrogens is 2. The summed E-state index contributed by atoms with van der Waals surface area (Å²) in [5, 5.41) is 18.5. The minimum Gasteiger partial charge on any atom is -0.396 e. The second-order valence-corrected chi connectivity index (χ2v) is 8.79. The van der Waals surface area contributed by atoms with Gasteiger partial charge in [-0.05, 0) is 61.6 Å². The van der Waals surface area contributed by atoms with E-state index in [1.165, 1.54) is 16.7 Å². The fourth-order valence-electron chi connectivity index (χ4n) is 4.53. The minimum atomic E-state index is -0.0888. The molecule has 0 spiro atoms. The maximum Gasteiger partial charge on any atom is 0.0695 e. The molecule has 0 radical (unpaired) electrons. The number of rotatable bonds is 6. The van der Waals surface area contributed by atoms with Gasteiger partial charge >= 0.3 is 0 Å². The van der Waals surface area contributed by atoms with Crippen molar-refractivity contribution in [2.75, 3.05) is 19.7 Å². The number of aryl methyl sites for hydroxylation is 1. The van der Waals surface area contributed by atoms with E-state index in [1.54, 1.807) is 0 Å². The van der Waals surface area contributed by atoms with E-state index in [4.69, 9.17) is 11.6 Å². The van der Waals surface area contributed by atoms with E-state index in [-0.39, 0.29) is 12.0 Å². The SMILES string of the molecule is Cc1ccccc1C[C@@]1(CO)CCCN(Cc2cn[nH]c2-c2ccc(Cl)cc2)C1. The molecule has 1 atom stereocenters. The van der Waals surface area contributed by atoms with E-state index in [9.17, 15) is 5.11 Å². The van der Waals surface area contributed by atoms with Crippen LogP contribution < -0.4 is 0 Å². The van der Waals surface area contributed by atoms with Crippen LogP contribution in [0.2, 0.25) is 5.02 Å². The van der Waals surface area contributed by atoms with Gasteiger partial charge < -0.3 is 5.11 Å². The van der Waals surface area contributed by atoms with E-state index in [2.05, 4.69) is 46.3 Å². The summed E-state index contributed by atoms with van der Waals surface area (Å²) in [4.78, 5) is 2.46. The molecule has 2 heterocycles. The Bertz CT molecular complexity index is 953. The van der Waals surface area contributed by atoms with Gasteiger partial charge in [0.05, 0.1) is 18.5 Å². The van der Waals surface area contributed by atoms with Gasteiger partial charge in [0.1, 0.15) is 0 Å². The molecule has 1 aromatic heterocycles. The van der Waals surface area contributed by atoms with Crippen molar-refractivity contribution >= 4 is 11.6 Å². The Morgan fingerprint density at radius 1 is 1.14 bits per heavy atom. The van der Waals surface area contributed by atoms with Crippen LogP contribution in [0.5, 0.6) is 0 Å². The lowest BCUT2D eigenvalue weighted by molar-refractivity contribution is 0.0288. The summed E-state index contributed by atoms with van der Waals surface area (Å²) in [5.74, 6) is 0. The summed E-state index contributed by atoms with van der Waals surface area (Å²) in [7, 11) is 0. The molecule has 5 heteroatoms. The van der Waals surface area contributed by atoms with Crippen LogP contribution in [0.25, 0.3) is 11.3 Å². The van der Waals surface area contributed by atoms with Crippen molar-refractivity contribution in [1.82, 2.24) is 15.1 Å². The Morgan fingerprint density at radius 2 is 1.93 bits per heavy atom. The largest absolute Gasteiger partial charge is 0.396 e. The Labute approximate surface area is 177 Å². The quantitative estimate of drug-likeness (QED) is 0.611. The number of H-pyrrole nitrogens is 1. The van der Waals surface area contributed by atoms with Crippen LogP contribution in [-0.4, -0.2) is 39.9 Å². The van der Waals surface area contributed by atoms with Crippen molar-refractivity contribution in [3.8, 4) is 11.3 Å². The van der Waals surface area contributed by atoms with E-state index in [0.717, 1.165) is 55.2 Å². The second kappa shape index (κ2) is 8.70. The van der Waals surface area contributed by atoms with Crippen molar-refractivity contribution in [2.45, 2.75) is 32.7 Å². The highest BCUT2D eigenvalue weighted by atomic mass is 35.5. The summed E-state index contributed by atoms with van der Waals surface area (Å²) >= 11 is 6.04. The molecule has 4 nitrogen and oxygen atoms in total. The smallest absolute Gasteiger partial charge is 0.0695 e. The normalized spacial score (nSPS) is 20.1. The van der Waals surface area contributed by atoms with Crippen LogP contribution >= 0.6 is 11.6 Å². The molecule has 2 N–H and O–H groups in total. The summed E-state index contributed by atoms with van der Waals surface area (Å²) < 4.78 is 0. The maximum absolute atomic E-state index is 10.3. The fourth-order valence-corrected chi connectivity index (χ4v) is 4.65. The van der Waals surface area contributed by atoms with Gasteiger partial charge in [0.15, 0.2) is 0 Å². The van der Waals surface area contributed by atoms with E-state index in [0.29, 0.717) is 0 Å². The first kappa shape index (κ1) is 20.1. The first-order chi connectivity index (χ1) is 14.1. The third kappa shape index (κ3) is 4.55. The van der Waals surface area contributed by atoms with Gasteiger partial charge in [-0.25, -0.2) is 0 Å². The van der Waals surface area contributed by atoms with Gasteiger partial charge in [0, 0.05) is 29.1 Å². The maximum atomic E-state index is 10.3. The van der Waals surface area contributed by atoms with Crippen LogP contribution in [0, 0.1) is 12.3 Å². The number of piperidine rings is 1. The number of aliphatic hydroxyl groups is 1. The third-order valence-electron chi connectivity index (χ3n) is 6.15. The standard InChI is InChI=1S/C24H28ClN3O/c1-18-5-2-3-6-20(18)13-24(17-29)11-4-12-28(16-24)15-21-14-26-27-23(21)19-7-9-22(25)10-8-19/h2-3,5-10,14,29H,4,11-13,15-17H2,1H3,(H,26,27)/t24-/m0/s1. The highest BCUT2D eigenvalue weighted by molar-refractivity contribution is 6.30. The molecule has 152 valence electrons. The number of hydrogen-bond acceptors (Lipinski definition) is 3. The molecule has 29 heavy (non-hydrogen) atoms. The van der Waals surface area contributed by atoms with Crippen LogP contribution in [0.4, 0.5) is 0 Å². The molecule has 0 unspecified atom stereocenters. The number of aliphatic hydroxyl groups excluding tert-OH is 1. The molecule has 2 aromatic carbocycles. The molecule has 1 fully saturated rings. The van der Waals surface area contributed by atoms with Gasteiger partial charge in [-0.1, -0.05) is 48.0 Å². The molecule has 0 saturated carbocycles. The van der Waals surface area contributed by atoms with Crippen LogP contribution in [0.3, 0.4) is 0 Å². The van der Waals surface area contributed by atoms with Crippen LogP contribution in [0.1, 0.15) is 29.5 Å². The number of nitrogens with zero attached hydrogens (tertiary/aromatic N) is 2. The Kier molecular flexibility index (Phi) is 6.04. The van der Waals surface area contributed by atoms with Crippen molar-refractivity contribution in [2.24, 2.45) is 5.41 Å². The number of likely N-dealkylation sites (tertiary alicyclic amines) is 1. The topological polar surface area (TPSA) is 52.1 Å². The molecular weight excluding hydrogens is 382 g/mol. The first-order valence-electron chi connectivity index (χ1n) is 10.2. The van der Waals surface area contributed by atoms with Crippen LogP contribution in [-0.2, 0) is 13.0 Å². The number of aromatic amines is 1. The lowest BCUT2D eigenvalue weighted by atomic mass is 9.75. The highest BCUT2D eigenvalue weighted by Gasteiger charge is 2.35. The fraction of sp³-hybridized carbons (Fsp3) is 0.375. The van der Waals surface area contributed by atoms with Gasteiger partial charge in [-0.2, -0.15) is 5.10 Å². The van der Waals surface area contributed by atoms with Crippen molar-refractivity contribution in [3.63, 3.8) is 0 Å². The molecule has 1 saturated heterocycles. The zero-order valence-corrected chi connectivity index (χ0v) is 17.6. The average Bonchev–Trinajstić information content (AvgIpc) is 3.19. The lowest BCUT2D eigenvalue weighted by Gasteiger charge is -2.42. The van der Waals surface area contributed by atoms with Gasteiger partial charge in [-0.3, -0.25) is 10.00 Å². The molecule has 0 amide bonds. The third-order valence-corrected chi connectivity index (χ3v) is 6.40. The zero-order valence-electron chi connectivity index (χ0n) is 16.9. The Morgan fingerprint density at radius 3 is 2.69 bits per heavy atom. The lowest BCUT2D eigenvalue weighted by Crippen LogP contribution is -2.46. The molecule has 3 aromatic rings. The first-order valence-corrected chi connectivity index (χ1v) is 10.6. The average molecular weight is 410 g/mol. The minimum absolute atomic E-state index is 0.0888. The molecule has 1 aliphatic heterocycles. The van der Waals surface area contributed by atoms with Crippen molar-refractivity contribution in [3.05, 3.63) is 76.4 Å². The number of nitrogens with one attached hydrogen (secondary N) is 1. The molecule has 0 aliphatic carbocycles. The summed E-state index contributed by atoms with van der Waals surface area (Å²) in [6.07, 6.45) is 4.99. The zero-order chi connectivity index (χ0) is 20.3. The predicted molar refractivity (Wildman–Crippen MR) is 118 cm³/mol. The van der Waals surface area contributed by atoms with Crippen LogP contribution in [0.15, 0.2) is 54.7 Å². The highest BCUT2D eigenvalue weighted by Crippen LogP contribution is 2.35. The summed E-state index contributed by atoms with van der Waals surface area (Å²) in [5.41, 5.74) is 5.87. The van der Waals surface area contributed by atoms with E-state index >= 15 is 0 Å². The molecular formula is C24H28ClN3O. The molecule has 1 aliphatic rings. The number of hydrogen-bond donors (Lipinski definition) is 2. The molecule has 0 bridgehead atoms. The summed E-state index contributed by atoms with van der Waals surface area (Å²) in [6, 6.07) is 16.4. The summed E-state index contributed by atoms with van der Waals surface area (Å²) in [6.45, 7) is 5.13. The van der Waals surface area contributed by atoms with Crippen molar-refractivity contribution < 1.29 is 5.11 Å². The van der Waals surface area contributed by atoms with Crippen molar-refractivity contribution in [1.29, 1.82) is 0 Å². The monoisotopic (exact) mass is 409 g/mol. The van der Waals surface area contributed by atoms with Gasteiger partial charge in [0.25, 0.3) is 0 Å². The van der Waals surface area contributed by atoms with Gasteiger partial charge in [-0.15, -0.1) is 0 Å². The number of benzene rings is 2. The van der Waals surface area contributed by atoms with E-state index in [1.807, 2.05) is 30.5 Å². The predicted octanol–water partition coefficient (Wildman–Crippen LogP) is 4.86. The number of halogens is 1. The second-order valence-electron chi connectivity index (χ2n) is 8.35. The Balaban J connectivity index is 1.51. The molecule has 4 rings (SSSR count).